The molecule has 0 atom stereocenters. The molecule has 0 fully saturated rings. The van der Waals surface area contributed by atoms with E-state index in [0.29, 0.717) is 6.61 Å². The first kappa shape index (κ1) is 25.7. The van der Waals surface area contributed by atoms with Gasteiger partial charge < -0.3 is 9.64 Å². The lowest BCUT2D eigenvalue weighted by Gasteiger charge is -2.14. The molecule has 0 aromatic rings. The summed E-state index contributed by atoms with van der Waals surface area (Å²) in [7, 11) is 1.62. The fraction of sp³-hybridized carbons (Fsp3) is 0.826. The van der Waals surface area contributed by atoms with Crippen LogP contribution in [0.5, 0.6) is 0 Å². The number of allylic oxidation sites excluding steroid dienone is 1. The number of ether oxygens (including phenoxy) is 1. The average Bonchev–Trinajstić information content (AvgIpc) is 2.61. The summed E-state index contributed by atoms with van der Waals surface area (Å²) in [6.07, 6.45) is 18.4. The summed E-state index contributed by atoms with van der Waals surface area (Å²) < 4.78 is 5.21. The van der Waals surface area contributed by atoms with Crippen molar-refractivity contribution in [2.45, 2.75) is 104 Å². The van der Waals surface area contributed by atoms with Gasteiger partial charge in [-0.1, -0.05) is 89.5 Å². The van der Waals surface area contributed by atoms with Gasteiger partial charge in [-0.25, -0.2) is 0 Å². The third-order valence-electron chi connectivity index (χ3n) is 4.67. The summed E-state index contributed by atoms with van der Waals surface area (Å²) in [4.78, 5) is 24.8. The number of carbonyl (C=O) groups is 2. The molecule has 0 aliphatic rings. The highest BCUT2D eigenvalue weighted by molar-refractivity contribution is 5.90. The molecule has 0 spiro atoms. The highest BCUT2D eigenvalue weighted by Gasteiger charge is 2.11. The number of rotatable bonds is 17. The van der Waals surface area contributed by atoms with Crippen molar-refractivity contribution in [3.8, 4) is 0 Å². The Bertz CT molecular complexity index is 414. The van der Waals surface area contributed by atoms with Gasteiger partial charge in [0.25, 0.3) is 0 Å². The minimum atomic E-state index is -0.327. The van der Waals surface area contributed by atoms with Gasteiger partial charge in [0.05, 0.1) is 6.61 Å². The highest BCUT2D eigenvalue weighted by Crippen LogP contribution is 2.12. The van der Waals surface area contributed by atoms with Crippen molar-refractivity contribution < 1.29 is 14.3 Å². The molecule has 0 aliphatic carbocycles. The molecule has 158 valence electrons. The minimum Gasteiger partial charge on any atom is -0.464 e. The maximum Gasteiger partial charge on any atom is 0.325 e. The molecule has 4 nitrogen and oxygen atoms in total. The summed E-state index contributed by atoms with van der Waals surface area (Å²) in [6.45, 7) is 6.46. The number of likely N-dealkylation sites (N-methyl/N-ethyl adjacent to an activating group) is 1. The van der Waals surface area contributed by atoms with Gasteiger partial charge in [-0.05, 0) is 20.3 Å². The number of hydrogen-bond acceptors (Lipinski definition) is 3. The van der Waals surface area contributed by atoms with E-state index >= 15 is 0 Å². The topological polar surface area (TPSA) is 46.6 Å². The normalized spacial score (nSPS) is 10.5. The summed E-state index contributed by atoms with van der Waals surface area (Å²) in [5, 5.41) is 0. The van der Waals surface area contributed by atoms with E-state index in [-0.39, 0.29) is 18.4 Å². The predicted octanol–water partition coefficient (Wildman–Crippen LogP) is 6.05. The standard InChI is InChI=1S/C23H43NO3/c1-5-6-7-8-9-10-11-12-13-14-15-16-17-18-27-23(26)20-24(4)22(25)19-21(2)3/h19H,5-18,20H2,1-4H3. The third kappa shape index (κ3) is 17.8. The second kappa shape index (κ2) is 18.1. The molecule has 1 amide bonds. The van der Waals surface area contributed by atoms with Crippen LogP contribution in [0.15, 0.2) is 11.6 Å². The van der Waals surface area contributed by atoms with Gasteiger partial charge >= 0.3 is 5.97 Å². The quantitative estimate of drug-likeness (QED) is 0.175. The van der Waals surface area contributed by atoms with E-state index in [4.69, 9.17) is 4.74 Å². The van der Waals surface area contributed by atoms with Gasteiger partial charge in [0.1, 0.15) is 6.54 Å². The van der Waals surface area contributed by atoms with Crippen molar-refractivity contribution in [1.29, 1.82) is 0 Å². The first-order valence-corrected chi connectivity index (χ1v) is 11.0. The predicted molar refractivity (Wildman–Crippen MR) is 114 cm³/mol. The van der Waals surface area contributed by atoms with Crippen LogP contribution in [0.2, 0.25) is 0 Å². The lowest BCUT2D eigenvalue weighted by Crippen LogP contribution is -2.32. The number of nitrogens with zero attached hydrogens (tertiary/aromatic N) is 1. The van der Waals surface area contributed by atoms with Crippen molar-refractivity contribution in [3.05, 3.63) is 11.6 Å². The molecule has 0 aromatic carbocycles. The second-order valence-corrected chi connectivity index (χ2v) is 7.88. The molecule has 4 heteroatoms. The van der Waals surface area contributed by atoms with Crippen LogP contribution in [0.25, 0.3) is 0 Å². The van der Waals surface area contributed by atoms with Gasteiger partial charge in [0.2, 0.25) is 5.91 Å². The number of amides is 1. The number of carbonyl (C=O) groups excluding carboxylic acids is 2. The van der Waals surface area contributed by atoms with Crippen LogP contribution in [-0.2, 0) is 14.3 Å². The van der Waals surface area contributed by atoms with Crippen molar-refractivity contribution in [2.75, 3.05) is 20.2 Å². The van der Waals surface area contributed by atoms with E-state index in [0.717, 1.165) is 18.4 Å². The molecule has 27 heavy (non-hydrogen) atoms. The fourth-order valence-corrected chi connectivity index (χ4v) is 2.98. The van der Waals surface area contributed by atoms with Crippen molar-refractivity contribution in [3.63, 3.8) is 0 Å². The lowest BCUT2D eigenvalue weighted by molar-refractivity contribution is -0.147. The zero-order valence-corrected chi connectivity index (χ0v) is 18.4. The van der Waals surface area contributed by atoms with Crippen molar-refractivity contribution in [2.24, 2.45) is 0 Å². The molecule has 0 heterocycles. The molecular weight excluding hydrogens is 338 g/mol. The average molecular weight is 382 g/mol. The first-order valence-electron chi connectivity index (χ1n) is 11.0. The number of unbranched alkanes of at least 4 members (excludes halogenated alkanes) is 12. The van der Waals surface area contributed by atoms with Crippen LogP contribution in [0, 0.1) is 0 Å². The monoisotopic (exact) mass is 381 g/mol. The molecule has 0 N–H and O–H groups in total. The Morgan fingerprint density at radius 3 is 1.67 bits per heavy atom. The SMILES string of the molecule is CCCCCCCCCCCCCCCOC(=O)CN(C)C(=O)C=C(C)C. The molecular formula is C23H43NO3. The largest absolute Gasteiger partial charge is 0.464 e. The smallest absolute Gasteiger partial charge is 0.325 e. The molecule has 0 bridgehead atoms. The lowest BCUT2D eigenvalue weighted by atomic mass is 10.0. The molecule has 0 aromatic heterocycles. The van der Waals surface area contributed by atoms with E-state index in [2.05, 4.69) is 6.92 Å². The van der Waals surface area contributed by atoms with Crippen molar-refractivity contribution >= 4 is 11.9 Å². The Hall–Kier alpha value is -1.32. The fourth-order valence-electron chi connectivity index (χ4n) is 2.98. The Morgan fingerprint density at radius 2 is 1.22 bits per heavy atom. The molecule has 0 unspecified atom stereocenters. The zero-order chi connectivity index (χ0) is 20.3. The van der Waals surface area contributed by atoms with Crippen LogP contribution in [0.3, 0.4) is 0 Å². The third-order valence-corrected chi connectivity index (χ3v) is 4.67. The van der Waals surface area contributed by atoms with Crippen LogP contribution < -0.4 is 0 Å². The Labute approximate surface area is 167 Å². The number of hydrogen-bond donors (Lipinski definition) is 0. The maximum absolute atomic E-state index is 11.7. The van der Waals surface area contributed by atoms with Gasteiger partial charge in [0, 0.05) is 13.1 Å². The molecule has 0 radical (unpaired) electrons. The highest BCUT2D eigenvalue weighted by atomic mass is 16.5. The van der Waals surface area contributed by atoms with Crippen LogP contribution >= 0.6 is 0 Å². The van der Waals surface area contributed by atoms with Gasteiger partial charge in [-0.2, -0.15) is 0 Å². The van der Waals surface area contributed by atoms with Gasteiger partial charge in [-0.3, -0.25) is 9.59 Å². The van der Waals surface area contributed by atoms with Gasteiger partial charge in [-0.15, -0.1) is 0 Å². The summed E-state index contributed by atoms with van der Waals surface area (Å²) >= 11 is 0. The molecule has 0 saturated heterocycles. The Morgan fingerprint density at radius 1 is 0.778 bits per heavy atom. The maximum atomic E-state index is 11.7. The molecule has 0 aliphatic heterocycles. The summed E-state index contributed by atoms with van der Waals surface area (Å²) in [5.74, 6) is -0.486. The summed E-state index contributed by atoms with van der Waals surface area (Å²) in [6, 6.07) is 0. The van der Waals surface area contributed by atoms with E-state index in [1.54, 1.807) is 7.05 Å². The Kier molecular flexibility index (Phi) is 17.2. The molecule has 0 rings (SSSR count). The second-order valence-electron chi connectivity index (χ2n) is 7.88. The van der Waals surface area contributed by atoms with Gasteiger partial charge in [0.15, 0.2) is 0 Å². The zero-order valence-electron chi connectivity index (χ0n) is 18.4. The van der Waals surface area contributed by atoms with E-state index in [9.17, 15) is 9.59 Å². The number of esters is 1. The van der Waals surface area contributed by atoms with Crippen LogP contribution in [0.4, 0.5) is 0 Å². The van der Waals surface area contributed by atoms with E-state index in [1.165, 1.54) is 81.6 Å². The van der Waals surface area contributed by atoms with E-state index in [1.807, 2.05) is 13.8 Å². The van der Waals surface area contributed by atoms with Crippen LogP contribution in [-0.4, -0.2) is 37.0 Å². The summed E-state index contributed by atoms with van der Waals surface area (Å²) in [5.41, 5.74) is 0.923. The Balaban J connectivity index is 3.40. The first-order chi connectivity index (χ1) is 13.0. The van der Waals surface area contributed by atoms with Crippen LogP contribution in [0.1, 0.15) is 104 Å². The minimum absolute atomic E-state index is 0.0149. The molecule has 0 saturated carbocycles. The van der Waals surface area contributed by atoms with E-state index < -0.39 is 0 Å². The van der Waals surface area contributed by atoms with Crippen molar-refractivity contribution in [1.82, 2.24) is 4.90 Å².